The summed E-state index contributed by atoms with van der Waals surface area (Å²) < 4.78 is 0. The van der Waals surface area contributed by atoms with Crippen molar-refractivity contribution < 1.29 is 0 Å². The fraction of sp³-hybridized carbons (Fsp3) is 0. The standard InChI is InChI=1S/C15H10ClN/c16-14-13-9-5-4-8-12(13)10-17-15(14)11-6-2-1-3-7-11/h1-10H. The van der Waals surface area contributed by atoms with Crippen LogP contribution in [0.1, 0.15) is 0 Å². The van der Waals surface area contributed by atoms with Gasteiger partial charge in [0.1, 0.15) is 0 Å². The van der Waals surface area contributed by atoms with Gasteiger partial charge in [-0.1, -0.05) is 66.2 Å². The van der Waals surface area contributed by atoms with E-state index in [0.717, 1.165) is 22.0 Å². The summed E-state index contributed by atoms with van der Waals surface area (Å²) in [5, 5.41) is 2.83. The lowest BCUT2D eigenvalue weighted by Crippen LogP contribution is -1.86. The second-order valence-corrected chi connectivity index (χ2v) is 4.25. The molecule has 2 heteroatoms. The molecule has 0 amide bonds. The molecule has 0 bridgehead atoms. The highest BCUT2D eigenvalue weighted by Gasteiger charge is 2.08. The second kappa shape index (κ2) is 4.19. The topological polar surface area (TPSA) is 12.9 Å². The number of pyridine rings is 1. The lowest BCUT2D eigenvalue weighted by molar-refractivity contribution is 1.36. The molecule has 2 aromatic carbocycles. The van der Waals surface area contributed by atoms with E-state index in [9.17, 15) is 0 Å². The van der Waals surface area contributed by atoms with E-state index in [1.807, 2.05) is 60.8 Å². The molecule has 82 valence electrons. The van der Waals surface area contributed by atoms with Gasteiger partial charge in [0.15, 0.2) is 0 Å². The summed E-state index contributed by atoms with van der Waals surface area (Å²) in [6.45, 7) is 0. The third-order valence-electron chi connectivity index (χ3n) is 2.79. The Balaban J connectivity index is 2.29. The maximum Gasteiger partial charge on any atom is 0.0894 e. The predicted molar refractivity (Wildman–Crippen MR) is 72.2 cm³/mol. The molecule has 0 spiro atoms. The number of halogens is 1. The summed E-state index contributed by atoms with van der Waals surface area (Å²) >= 11 is 6.41. The fourth-order valence-electron chi connectivity index (χ4n) is 1.93. The minimum absolute atomic E-state index is 0.717. The van der Waals surface area contributed by atoms with Crippen LogP contribution in [-0.2, 0) is 0 Å². The molecule has 3 rings (SSSR count). The van der Waals surface area contributed by atoms with E-state index in [2.05, 4.69) is 4.98 Å². The first-order valence-corrected chi connectivity index (χ1v) is 5.83. The van der Waals surface area contributed by atoms with Gasteiger partial charge in [0.05, 0.1) is 10.7 Å². The summed E-state index contributed by atoms with van der Waals surface area (Å²) in [7, 11) is 0. The van der Waals surface area contributed by atoms with Gasteiger partial charge < -0.3 is 0 Å². The normalized spacial score (nSPS) is 10.6. The highest BCUT2D eigenvalue weighted by molar-refractivity contribution is 6.37. The molecule has 0 atom stereocenters. The number of hydrogen-bond acceptors (Lipinski definition) is 1. The monoisotopic (exact) mass is 239 g/mol. The van der Waals surface area contributed by atoms with Crippen molar-refractivity contribution in [3.63, 3.8) is 0 Å². The van der Waals surface area contributed by atoms with Gasteiger partial charge in [-0.2, -0.15) is 0 Å². The van der Waals surface area contributed by atoms with E-state index < -0.39 is 0 Å². The molecule has 3 aromatic rings. The molecule has 0 aliphatic rings. The van der Waals surface area contributed by atoms with Crippen LogP contribution in [0.5, 0.6) is 0 Å². The molecule has 1 aromatic heterocycles. The van der Waals surface area contributed by atoms with E-state index in [1.54, 1.807) is 0 Å². The third kappa shape index (κ3) is 1.79. The van der Waals surface area contributed by atoms with Crippen molar-refractivity contribution in [1.82, 2.24) is 4.98 Å². The van der Waals surface area contributed by atoms with Crippen molar-refractivity contribution in [3.8, 4) is 11.3 Å². The highest BCUT2D eigenvalue weighted by atomic mass is 35.5. The van der Waals surface area contributed by atoms with Crippen LogP contribution in [0, 0.1) is 0 Å². The van der Waals surface area contributed by atoms with Crippen LogP contribution in [0.3, 0.4) is 0 Å². The Hall–Kier alpha value is -1.86. The molecule has 0 unspecified atom stereocenters. The number of hydrogen-bond donors (Lipinski definition) is 0. The van der Waals surface area contributed by atoms with Crippen molar-refractivity contribution in [2.45, 2.75) is 0 Å². The highest BCUT2D eigenvalue weighted by Crippen LogP contribution is 2.31. The summed E-state index contributed by atoms with van der Waals surface area (Å²) in [5.74, 6) is 0. The Morgan fingerprint density at radius 2 is 1.53 bits per heavy atom. The Bertz CT molecular complexity index is 662. The third-order valence-corrected chi connectivity index (χ3v) is 3.17. The van der Waals surface area contributed by atoms with Crippen molar-refractivity contribution >= 4 is 22.4 Å². The largest absolute Gasteiger partial charge is 0.254 e. The van der Waals surface area contributed by atoms with E-state index in [-0.39, 0.29) is 0 Å². The number of nitrogens with zero attached hydrogens (tertiary/aromatic N) is 1. The van der Waals surface area contributed by atoms with Crippen LogP contribution in [0.4, 0.5) is 0 Å². The number of benzene rings is 2. The molecule has 0 N–H and O–H groups in total. The molecule has 0 aliphatic heterocycles. The zero-order valence-electron chi connectivity index (χ0n) is 9.10. The fourth-order valence-corrected chi connectivity index (χ4v) is 2.26. The lowest BCUT2D eigenvalue weighted by atomic mass is 10.1. The van der Waals surface area contributed by atoms with Crippen molar-refractivity contribution in [1.29, 1.82) is 0 Å². The molecule has 17 heavy (non-hydrogen) atoms. The van der Waals surface area contributed by atoms with Gasteiger partial charge in [-0.15, -0.1) is 0 Å². The SMILES string of the molecule is Clc1c(-c2ccccc2)ncc2ccccc12. The van der Waals surface area contributed by atoms with E-state index in [4.69, 9.17) is 11.6 Å². The van der Waals surface area contributed by atoms with Gasteiger partial charge >= 0.3 is 0 Å². The first-order valence-electron chi connectivity index (χ1n) is 5.45. The average molecular weight is 240 g/mol. The molecule has 0 radical (unpaired) electrons. The minimum atomic E-state index is 0.717. The van der Waals surface area contributed by atoms with Crippen molar-refractivity contribution in [2.75, 3.05) is 0 Å². The van der Waals surface area contributed by atoms with Gasteiger partial charge in [0.2, 0.25) is 0 Å². The molecule has 1 heterocycles. The van der Waals surface area contributed by atoms with E-state index in [0.29, 0.717) is 5.02 Å². The summed E-state index contributed by atoms with van der Waals surface area (Å²) in [4.78, 5) is 4.44. The van der Waals surface area contributed by atoms with Crippen LogP contribution in [0.2, 0.25) is 5.02 Å². The molecule has 0 fully saturated rings. The number of rotatable bonds is 1. The van der Waals surface area contributed by atoms with Gasteiger partial charge in [0, 0.05) is 22.5 Å². The van der Waals surface area contributed by atoms with Crippen LogP contribution in [0.25, 0.3) is 22.0 Å². The Labute approximate surface area is 105 Å². The summed E-state index contributed by atoms with van der Waals surface area (Å²) in [6.07, 6.45) is 1.86. The van der Waals surface area contributed by atoms with Gasteiger partial charge in [-0.25, -0.2) is 0 Å². The molecule has 0 aliphatic carbocycles. The summed E-state index contributed by atoms with van der Waals surface area (Å²) in [6, 6.07) is 18.0. The molecule has 0 saturated carbocycles. The second-order valence-electron chi connectivity index (χ2n) is 3.87. The first kappa shape index (κ1) is 10.3. The maximum atomic E-state index is 6.41. The minimum Gasteiger partial charge on any atom is -0.254 e. The molecule has 1 nitrogen and oxygen atoms in total. The smallest absolute Gasteiger partial charge is 0.0894 e. The van der Waals surface area contributed by atoms with Gasteiger partial charge in [-0.3, -0.25) is 4.98 Å². The van der Waals surface area contributed by atoms with Gasteiger partial charge in [-0.05, 0) is 0 Å². The van der Waals surface area contributed by atoms with Crippen LogP contribution in [-0.4, -0.2) is 4.98 Å². The summed E-state index contributed by atoms with van der Waals surface area (Å²) in [5.41, 5.74) is 1.88. The van der Waals surface area contributed by atoms with Crippen LogP contribution >= 0.6 is 11.6 Å². The zero-order valence-corrected chi connectivity index (χ0v) is 9.85. The number of fused-ring (bicyclic) bond motifs is 1. The van der Waals surface area contributed by atoms with Crippen LogP contribution < -0.4 is 0 Å². The van der Waals surface area contributed by atoms with Crippen LogP contribution in [0.15, 0.2) is 60.8 Å². The van der Waals surface area contributed by atoms with E-state index >= 15 is 0 Å². The average Bonchev–Trinajstić information content (AvgIpc) is 2.40. The Kier molecular flexibility index (Phi) is 2.54. The Morgan fingerprint density at radius 1 is 0.824 bits per heavy atom. The number of aromatic nitrogens is 1. The van der Waals surface area contributed by atoms with Crippen molar-refractivity contribution in [3.05, 3.63) is 65.8 Å². The Morgan fingerprint density at radius 3 is 2.35 bits per heavy atom. The molecular formula is C15H10ClN. The predicted octanol–water partition coefficient (Wildman–Crippen LogP) is 4.56. The first-order chi connectivity index (χ1) is 8.36. The maximum absolute atomic E-state index is 6.41. The zero-order chi connectivity index (χ0) is 11.7. The molecular weight excluding hydrogens is 230 g/mol. The van der Waals surface area contributed by atoms with Crippen molar-refractivity contribution in [2.24, 2.45) is 0 Å². The van der Waals surface area contributed by atoms with E-state index in [1.165, 1.54) is 0 Å². The quantitative estimate of drug-likeness (QED) is 0.607. The lowest BCUT2D eigenvalue weighted by Gasteiger charge is -2.06. The van der Waals surface area contributed by atoms with Gasteiger partial charge in [0.25, 0.3) is 0 Å². The molecule has 0 saturated heterocycles.